The molecule has 1 N–H and O–H groups in total. The standard InChI is InChI=1S/C23H28N2O5/c1-4-29-22(27)19-15(2)24-16(3)20(21(19)17-10-6-5-7-11-17)23(28)30-14-18(26)25-12-8-9-13-25/h5-7,10-11,21,24H,4,8-9,12-14H2,1-3H3. The summed E-state index contributed by atoms with van der Waals surface area (Å²) in [6.45, 7) is 6.59. The second-order valence-electron chi connectivity index (χ2n) is 7.43. The molecule has 2 aliphatic heterocycles. The molecule has 30 heavy (non-hydrogen) atoms. The van der Waals surface area contributed by atoms with E-state index in [1.54, 1.807) is 25.7 Å². The summed E-state index contributed by atoms with van der Waals surface area (Å²) in [7, 11) is 0. The predicted octanol–water partition coefficient (Wildman–Crippen LogP) is 2.65. The number of carbonyl (C=O) groups is 3. The lowest BCUT2D eigenvalue weighted by molar-refractivity contribution is -0.148. The number of esters is 2. The van der Waals surface area contributed by atoms with Crippen LogP contribution in [0, 0.1) is 0 Å². The Morgan fingerprint density at radius 3 is 2.10 bits per heavy atom. The molecule has 160 valence electrons. The molecule has 3 rings (SSSR count). The van der Waals surface area contributed by atoms with E-state index in [2.05, 4.69) is 5.32 Å². The topological polar surface area (TPSA) is 84.9 Å². The Labute approximate surface area is 176 Å². The second-order valence-corrected chi connectivity index (χ2v) is 7.43. The molecule has 7 heteroatoms. The van der Waals surface area contributed by atoms with E-state index in [4.69, 9.17) is 9.47 Å². The summed E-state index contributed by atoms with van der Waals surface area (Å²) in [5.41, 5.74) is 2.67. The zero-order valence-electron chi connectivity index (χ0n) is 17.7. The Morgan fingerprint density at radius 2 is 1.53 bits per heavy atom. The molecular weight excluding hydrogens is 384 g/mol. The monoisotopic (exact) mass is 412 g/mol. The van der Waals surface area contributed by atoms with Gasteiger partial charge in [-0.2, -0.15) is 0 Å². The Morgan fingerprint density at radius 1 is 0.967 bits per heavy atom. The lowest BCUT2D eigenvalue weighted by atomic mass is 9.80. The molecular formula is C23H28N2O5. The molecule has 1 aromatic rings. The number of benzene rings is 1. The minimum Gasteiger partial charge on any atom is -0.463 e. The van der Waals surface area contributed by atoms with Crippen LogP contribution < -0.4 is 5.32 Å². The maximum absolute atomic E-state index is 13.1. The Hall–Kier alpha value is -3.09. The van der Waals surface area contributed by atoms with E-state index in [1.165, 1.54) is 0 Å². The van der Waals surface area contributed by atoms with Gasteiger partial charge < -0.3 is 19.7 Å². The molecule has 1 saturated heterocycles. The first kappa shape index (κ1) is 21.6. The van der Waals surface area contributed by atoms with E-state index in [0.29, 0.717) is 35.6 Å². The van der Waals surface area contributed by atoms with Crippen molar-refractivity contribution in [3.8, 4) is 0 Å². The van der Waals surface area contributed by atoms with Gasteiger partial charge in [0.1, 0.15) is 0 Å². The fraction of sp³-hybridized carbons (Fsp3) is 0.435. The Balaban J connectivity index is 1.90. The fourth-order valence-electron chi connectivity index (χ4n) is 3.99. The van der Waals surface area contributed by atoms with Gasteiger partial charge in [-0.15, -0.1) is 0 Å². The van der Waals surface area contributed by atoms with Crippen LogP contribution in [0.25, 0.3) is 0 Å². The van der Waals surface area contributed by atoms with Crippen molar-refractivity contribution in [3.63, 3.8) is 0 Å². The smallest absolute Gasteiger partial charge is 0.337 e. The maximum Gasteiger partial charge on any atom is 0.337 e. The van der Waals surface area contributed by atoms with E-state index in [1.807, 2.05) is 30.3 Å². The van der Waals surface area contributed by atoms with Crippen LogP contribution in [0.1, 0.15) is 45.1 Å². The van der Waals surface area contributed by atoms with Crippen molar-refractivity contribution in [2.45, 2.75) is 39.5 Å². The molecule has 0 spiro atoms. The number of ether oxygens (including phenoxy) is 2. The molecule has 2 aliphatic rings. The van der Waals surface area contributed by atoms with Crippen molar-refractivity contribution in [1.29, 1.82) is 0 Å². The number of carbonyl (C=O) groups excluding carboxylic acids is 3. The Kier molecular flexibility index (Phi) is 6.92. The highest BCUT2D eigenvalue weighted by Crippen LogP contribution is 2.39. The number of amides is 1. The van der Waals surface area contributed by atoms with Crippen molar-refractivity contribution in [2.24, 2.45) is 0 Å². The van der Waals surface area contributed by atoms with E-state index in [9.17, 15) is 14.4 Å². The minimum atomic E-state index is -0.638. The van der Waals surface area contributed by atoms with Gasteiger partial charge in [-0.25, -0.2) is 9.59 Å². The summed E-state index contributed by atoms with van der Waals surface area (Å²) in [5, 5.41) is 3.10. The number of nitrogens with zero attached hydrogens (tertiary/aromatic N) is 1. The predicted molar refractivity (Wildman–Crippen MR) is 111 cm³/mol. The molecule has 0 aliphatic carbocycles. The molecule has 1 fully saturated rings. The Bertz CT molecular complexity index is 882. The number of nitrogens with one attached hydrogen (secondary N) is 1. The van der Waals surface area contributed by atoms with E-state index in [-0.39, 0.29) is 19.1 Å². The third kappa shape index (κ3) is 4.56. The number of likely N-dealkylation sites (tertiary alicyclic amines) is 1. The SMILES string of the molecule is CCOC(=O)C1=C(C)NC(C)=C(C(=O)OCC(=O)N2CCCC2)C1c1ccccc1. The van der Waals surface area contributed by atoms with Gasteiger partial charge in [-0.1, -0.05) is 30.3 Å². The molecule has 2 heterocycles. The molecule has 0 aromatic heterocycles. The van der Waals surface area contributed by atoms with Crippen LogP contribution in [0.5, 0.6) is 0 Å². The van der Waals surface area contributed by atoms with E-state index >= 15 is 0 Å². The van der Waals surface area contributed by atoms with Crippen LogP contribution in [0.2, 0.25) is 0 Å². The first-order valence-corrected chi connectivity index (χ1v) is 10.3. The molecule has 1 aromatic carbocycles. The van der Waals surface area contributed by atoms with Gasteiger partial charge in [0.05, 0.1) is 23.7 Å². The van der Waals surface area contributed by atoms with Crippen molar-refractivity contribution in [3.05, 3.63) is 58.4 Å². The van der Waals surface area contributed by atoms with Gasteiger partial charge in [0, 0.05) is 24.5 Å². The number of rotatable bonds is 6. The first-order valence-electron chi connectivity index (χ1n) is 10.3. The molecule has 0 saturated carbocycles. The van der Waals surface area contributed by atoms with Gasteiger partial charge in [-0.05, 0) is 39.2 Å². The minimum absolute atomic E-state index is 0.198. The maximum atomic E-state index is 13.1. The number of allylic oxidation sites excluding steroid dienone is 2. The molecule has 0 bridgehead atoms. The van der Waals surface area contributed by atoms with Crippen LogP contribution in [-0.4, -0.2) is 49.0 Å². The highest BCUT2D eigenvalue weighted by molar-refractivity contribution is 6.00. The van der Waals surface area contributed by atoms with Gasteiger partial charge >= 0.3 is 11.9 Å². The third-order valence-corrected chi connectivity index (χ3v) is 5.39. The van der Waals surface area contributed by atoms with E-state index in [0.717, 1.165) is 18.4 Å². The highest BCUT2D eigenvalue weighted by atomic mass is 16.5. The summed E-state index contributed by atoms with van der Waals surface area (Å²) in [6, 6.07) is 9.29. The summed E-state index contributed by atoms with van der Waals surface area (Å²) >= 11 is 0. The summed E-state index contributed by atoms with van der Waals surface area (Å²) in [5.74, 6) is -1.93. The quantitative estimate of drug-likeness (QED) is 0.723. The van der Waals surface area contributed by atoms with Crippen LogP contribution in [0.3, 0.4) is 0 Å². The van der Waals surface area contributed by atoms with Crippen molar-refractivity contribution >= 4 is 17.8 Å². The molecule has 1 atom stereocenters. The summed E-state index contributed by atoms with van der Waals surface area (Å²) in [4.78, 5) is 39.8. The van der Waals surface area contributed by atoms with E-state index < -0.39 is 17.9 Å². The zero-order valence-corrected chi connectivity index (χ0v) is 17.7. The number of dihydropyridines is 1. The normalized spacial score (nSPS) is 18.9. The first-order chi connectivity index (χ1) is 14.4. The molecule has 1 amide bonds. The van der Waals surface area contributed by atoms with Gasteiger partial charge in [0.25, 0.3) is 5.91 Å². The zero-order chi connectivity index (χ0) is 21.7. The summed E-state index contributed by atoms with van der Waals surface area (Å²) < 4.78 is 10.7. The van der Waals surface area contributed by atoms with Crippen molar-refractivity contribution in [2.75, 3.05) is 26.3 Å². The lowest BCUT2D eigenvalue weighted by Gasteiger charge is -2.30. The van der Waals surface area contributed by atoms with Gasteiger partial charge in [0.15, 0.2) is 6.61 Å². The van der Waals surface area contributed by atoms with Crippen LogP contribution in [0.4, 0.5) is 0 Å². The average molecular weight is 412 g/mol. The van der Waals surface area contributed by atoms with Crippen LogP contribution in [-0.2, 0) is 23.9 Å². The van der Waals surface area contributed by atoms with Crippen LogP contribution in [0.15, 0.2) is 52.9 Å². The second kappa shape index (κ2) is 9.61. The fourth-order valence-corrected chi connectivity index (χ4v) is 3.99. The molecule has 1 unspecified atom stereocenters. The number of hydrogen-bond donors (Lipinski definition) is 1. The van der Waals surface area contributed by atoms with Crippen molar-refractivity contribution in [1.82, 2.24) is 10.2 Å². The summed E-state index contributed by atoms with van der Waals surface area (Å²) in [6.07, 6.45) is 1.94. The number of hydrogen-bond acceptors (Lipinski definition) is 6. The molecule has 7 nitrogen and oxygen atoms in total. The largest absolute Gasteiger partial charge is 0.463 e. The highest BCUT2D eigenvalue weighted by Gasteiger charge is 2.38. The van der Waals surface area contributed by atoms with Crippen molar-refractivity contribution < 1.29 is 23.9 Å². The molecule has 0 radical (unpaired) electrons. The van der Waals surface area contributed by atoms with Gasteiger partial charge in [0.2, 0.25) is 0 Å². The third-order valence-electron chi connectivity index (χ3n) is 5.39. The van der Waals surface area contributed by atoms with Crippen LogP contribution >= 0.6 is 0 Å². The van der Waals surface area contributed by atoms with Gasteiger partial charge in [-0.3, -0.25) is 4.79 Å². The lowest BCUT2D eigenvalue weighted by Crippen LogP contribution is -2.35. The average Bonchev–Trinajstić information content (AvgIpc) is 3.27.